The van der Waals surface area contributed by atoms with Crippen LogP contribution in [0, 0.1) is 17.8 Å². The van der Waals surface area contributed by atoms with E-state index < -0.39 is 12.1 Å². The van der Waals surface area contributed by atoms with Gasteiger partial charge in [0.15, 0.2) is 0 Å². The highest BCUT2D eigenvalue weighted by Gasteiger charge is 2.33. The van der Waals surface area contributed by atoms with Gasteiger partial charge in [-0.25, -0.2) is 9.78 Å². The topological polar surface area (TPSA) is 105 Å². The molecule has 0 aromatic rings. The summed E-state index contributed by atoms with van der Waals surface area (Å²) in [7, 11) is 1.34. The van der Waals surface area contributed by atoms with E-state index in [1.165, 1.54) is 7.11 Å². The van der Waals surface area contributed by atoms with Gasteiger partial charge in [-0.2, -0.15) is 0 Å². The SMILES string of the molecule is COOCCC(=O)OC(CO)C(C(C)CO)C(C)CO. The molecule has 20 heavy (non-hydrogen) atoms. The zero-order chi connectivity index (χ0) is 15.5. The molecule has 0 heterocycles. The fraction of sp³-hybridized carbons (Fsp3) is 0.923. The lowest BCUT2D eigenvalue weighted by Gasteiger charge is -2.33. The molecule has 0 aliphatic rings. The second-order valence-electron chi connectivity index (χ2n) is 4.85. The number of carbonyl (C=O) groups is 1. The molecule has 0 aromatic carbocycles. The van der Waals surface area contributed by atoms with E-state index in [9.17, 15) is 20.1 Å². The lowest BCUT2D eigenvalue weighted by atomic mass is 9.80. The molecule has 0 fully saturated rings. The standard InChI is InChI=1S/C13H26O7/c1-9(6-14)13(10(2)7-15)11(8-16)20-12(17)4-5-19-18-3/h9-11,13-16H,4-8H2,1-3H3. The zero-order valence-corrected chi connectivity index (χ0v) is 12.3. The van der Waals surface area contributed by atoms with Crippen molar-refractivity contribution in [3.63, 3.8) is 0 Å². The normalized spacial score (nSPS) is 17.3. The number of aliphatic hydroxyl groups excluding tert-OH is 3. The molecule has 3 atom stereocenters. The number of esters is 1. The van der Waals surface area contributed by atoms with Gasteiger partial charge in [-0.3, -0.25) is 4.79 Å². The lowest BCUT2D eigenvalue weighted by molar-refractivity contribution is -0.273. The Kier molecular flexibility index (Phi) is 10.6. The van der Waals surface area contributed by atoms with E-state index in [-0.39, 0.29) is 50.6 Å². The fourth-order valence-corrected chi connectivity index (χ4v) is 2.21. The molecular weight excluding hydrogens is 268 g/mol. The predicted octanol–water partition coefficient (Wildman–Crippen LogP) is -0.268. The first-order chi connectivity index (χ1) is 9.51. The fourth-order valence-electron chi connectivity index (χ4n) is 2.21. The van der Waals surface area contributed by atoms with Crippen LogP contribution < -0.4 is 0 Å². The summed E-state index contributed by atoms with van der Waals surface area (Å²) in [6.07, 6.45) is -0.771. The summed E-state index contributed by atoms with van der Waals surface area (Å²) >= 11 is 0. The first-order valence-electron chi connectivity index (χ1n) is 6.69. The second kappa shape index (κ2) is 11.0. The van der Waals surface area contributed by atoms with Crippen molar-refractivity contribution < 1.29 is 34.6 Å². The van der Waals surface area contributed by atoms with Gasteiger partial charge in [0.05, 0.1) is 26.7 Å². The minimum atomic E-state index is -0.769. The van der Waals surface area contributed by atoms with Crippen LogP contribution in [-0.2, 0) is 19.3 Å². The minimum absolute atomic E-state index is 0.00191. The molecule has 0 rings (SSSR count). The number of carbonyl (C=O) groups excluding carboxylic acids is 1. The van der Waals surface area contributed by atoms with Crippen molar-refractivity contribution in [2.45, 2.75) is 26.4 Å². The molecule has 7 nitrogen and oxygen atoms in total. The average Bonchev–Trinajstić information content (AvgIpc) is 2.45. The molecule has 120 valence electrons. The number of hydrogen-bond donors (Lipinski definition) is 3. The summed E-state index contributed by atoms with van der Waals surface area (Å²) in [4.78, 5) is 20.6. The molecule has 0 aliphatic heterocycles. The highest BCUT2D eigenvalue weighted by Crippen LogP contribution is 2.26. The maximum atomic E-state index is 11.6. The molecule has 0 bridgehead atoms. The molecule has 3 unspecified atom stereocenters. The third-order valence-corrected chi connectivity index (χ3v) is 3.29. The maximum absolute atomic E-state index is 11.6. The summed E-state index contributed by atoms with van der Waals surface area (Å²) < 4.78 is 5.21. The summed E-state index contributed by atoms with van der Waals surface area (Å²) in [5, 5.41) is 27.9. The molecule has 3 N–H and O–H groups in total. The number of hydrogen-bond acceptors (Lipinski definition) is 7. The van der Waals surface area contributed by atoms with Crippen molar-refractivity contribution in [2.75, 3.05) is 33.5 Å². The van der Waals surface area contributed by atoms with E-state index in [1.807, 2.05) is 0 Å². The molecule has 0 saturated carbocycles. The van der Waals surface area contributed by atoms with E-state index >= 15 is 0 Å². The van der Waals surface area contributed by atoms with Crippen molar-refractivity contribution >= 4 is 5.97 Å². The average molecular weight is 294 g/mol. The number of ether oxygens (including phenoxy) is 1. The van der Waals surface area contributed by atoms with E-state index in [4.69, 9.17) is 4.74 Å². The van der Waals surface area contributed by atoms with Gasteiger partial charge >= 0.3 is 5.97 Å². The summed E-state index contributed by atoms with van der Waals surface area (Å²) in [6.45, 7) is 3.02. The Bertz CT molecular complexity index is 249. The van der Waals surface area contributed by atoms with Crippen LogP contribution in [0.3, 0.4) is 0 Å². The Labute approximate surface area is 119 Å². The molecule has 7 heteroatoms. The van der Waals surface area contributed by atoms with Crippen LogP contribution in [0.15, 0.2) is 0 Å². The summed E-state index contributed by atoms with van der Waals surface area (Å²) in [5.74, 6) is -1.28. The van der Waals surface area contributed by atoms with Crippen molar-refractivity contribution in [1.29, 1.82) is 0 Å². The molecule has 0 spiro atoms. The van der Waals surface area contributed by atoms with Crippen molar-refractivity contribution in [3.8, 4) is 0 Å². The van der Waals surface area contributed by atoms with Gasteiger partial charge in [-0.1, -0.05) is 13.8 Å². The Morgan fingerprint density at radius 1 is 1.05 bits per heavy atom. The first kappa shape index (κ1) is 19.3. The Morgan fingerprint density at radius 3 is 2.00 bits per heavy atom. The van der Waals surface area contributed by atoms with E-state index in [0.717, 1.165) is 0 Å². The molecular formula is C13H26O7. The van der Waals surface area contributed by atoms with E-state index in [2.05, 4.69) is 9.78 Å². The van der Waals surface area contributed by atoms with Gasteiger partial charge in [-0.15, -0.1) is 0 Å². The highest BCUT2D eigenvalue weighted by atomic mass is 17.2. The molecule has 0 aromatic heterocycles. The van der Waals surface area contributed by atoms with Crippen LogP contribution in [0.25, 0.3) is 0 Å². The third-order valence-electron chi connectivity index (χ3n) is 3.29. The quantitative estimate of drug-likeness (QED) is 0.208. The van der Waals surface area contributed by atoms with Gasteiger partial charge in [0, 0.05) is 19.1 Å². The maximum Gasteiger partial charge on any atom is 0.308 e. The van der Waals surface area contributed by atoms with Gasteiger partial charge < -0.3 is 20.1 Å². The Morgan fingerprint density at radius 2 is 1.60 bits per heavy atom. The van der Waals surface area contributed by atoms with Gasteiger partial charge in [0.25, 0.3) is 0 Å². The van der Waals surface area contributed by atoms with Crippen molar-refractivity contribution in [3.05, 3.63) is 0 Å². The van der Waals surface area contributed by atoms with Crippen LogP contribution in [-0.4, -0.2) is 60.9 Å². The molecule has 0 amide bonds. The van der Waals surface area contributed by atoms with Gasteiger partial charge in [0.1, 0.15) is 6.10 Å². The largest absolute Gasteiger partial charge is 0.460 e. The van der Waals surface area contributed by atoms with Gasteiger partial charge in [-0.05, 0) is 11.8 Å². The summed E-state index contributed by atoms with van der Waals surface area (Å²) in [6, 6.07) is 0. The van der Waals surface area contributed by atoms with Crippen LogP contribution in [0.2, 0.25) is 0 Å². The first-order valence-corrected chi connectivity index (χ1v) is 6.69. The van der Waals surface area contributed by atoms with Crippen LogP contribution >= 0.6 is 0 Å². The number of aliphatic hydroxyl groups is 3. The second-order valence-corrected chi connectivity index (χ2v) is 4.85. The molecule has 0 radical (unpaired) electrons. The van der Waals surface area contributed by atoms with Crippen LogP contribution in [0.4, 0.5) is 0 Å². The van der Waals surface area contributed by atoms with Crippen LogP contribution in [0.1, 0.15) is 20.3 Å². The number of rotatable bonds is 11. The minimum Gasteiger partial charge on any atom is -0.460 e. The van der Waals surface area contributed by atoms with Gasteiger partial charge in [0.2, 0.25) is 0 Å². The highest BCUT2D eigenvalue weighted by molar-refractivity contribution is 5.69. The zero-order valence-electron chi connectivity index (χ0n) is 12.3. The Hall–Kier alpha value is -0.730. The van der Waals surface area contributed by atoms with E-state index in [1.54, 1.807) is 13.8 Å². The predicted molar refractivity (Wildman–Crippen MR) is 70.5 cm³/mol. The molecule has 0 aliphatic carbocycles. The van der Waals surface area contributed by atoms with E-state index in [0.29, 0.717) is 0 Å². The van der Waals surface area contributed by atoms with Crippen LogP contribution in [0.5, 0.6) is 0 Å². The lowest BCUT2D eigenvalue weighted by Crippen LogP contribution is -2.40. The van der Waals surface area contributed by atoms with Crippen molar-refractivity contribution in [1.82, 2.24) is 0 Å². The third kappa shape index (κ3) is 6.62. The summed E-state index contributed by atoms with van der Waals surface area (Å²) in [5.41, 5.74) is 0. The smallest absolute Gasteiger partial charge is 0.308 e. The monoisotopic (exact) mass is 294 g/mol. The van der Waals surface area contributed by atoms with Crippen molar-refractivity contribution in [2.24, 2.45) is 17.8 Å². The molecule has 0 saturated heterocycles. The Balaban J connectivity index is 4.61.